The summed E-state index contributed by atoms with van der Waals surface area (Å²) < 4.78 is 10.7. The van der Waals surface area contributed by atoms with Gasteiger partial charge in [-0.25, -0.2) is 9.59 Å². The Morgan fingerprint density at radius 1 is 0.784 bits per heavy atom. The van der Waals surface area contributed by atoms with Crippen LogP contribution in [0.1, 0.15) is 106 Å². The van der Waals surface area contributed by atoms with Gasteiger partial charge in [-0.1, -0.05) is 84.0 Å². The average Bonchev–Trinajstić information content (AvgIpc) is 2.86. The second kappa shape index (κ2) is 16.6. The van der Waals surface area contributed by atoms with Gasteiger partial charge in [0.1, 0.15) is 24.1 Å². The van der Waals surface area contributed by atoms with Gasteiger partial charge in [-0.2, -0.15) is 0 Å². The van der Waals surface area contributed by atoms with Crippen molar-refractivity contribution in [3.05, 3.63) is 29.3 Å². The highest BCUT2D eigenvalue weighted by atomic mass is 16.7. The van der Waals surface area contributed by atoms with E-state index in [2.05, 4.69) is 6.92 Å². The second-order valence-electron chi connectivity index (χ2n) is 9.97. The molecule has 1 heterocycles. The third-order valence-corrected chi connectivity index (χ3v) is 6.92. The first kappa shape index (κ1) is 31.0. The lowest BCUT2D eigenvalue weighted by atomic mass is 9.98. The van der Waals surface area contributed by atoms with E-state index in [0.29, 0.717) is 12.0 Å². The fourth-order valence-corrected chi connectivity index (χ4v) is 4.68. The van der Waals surface area contributed by atoms with Gasteiger partial charge in [-0.3, -0.25) is 0 Å². The van der Waals surface area contributed by atoms with E-state index in [4.69, 9.17) is 9.47 Å². The van der Waals surface area contributed by atoms with Gasteiger partial charge in [0.05, 0.1) is 5.56 Å². The van der Waals surface area contributed by atoms with Crippen LogP contribution in [0.15, 0.2) is 18.2 Å². The number of carbonyl (C=O) groups is 2. The van der Waals surface area contributed by atoms with Gasteiger partial charge in [0.25, 0.3) is 0 Å². The number of aliphatic hydroxyl groups is 3. The number of ether oxygens (including phenoxy) is 2. The van der Waals surface area contributed by atoms with Crippen molar-refractivity contribution in [2.75, 3.05) is 0 Å². The number of rotatable bonds is 18. The third-order valence-electron chi connectivity index (χ3n) is 6.92. The van der Waals surface area contributed by atoms with Crippen LogP contribution >= 0.6 is 0 Å². The minimum Gasteiger partial charge on any atom is -0.479 e. The van der Waals surface area contributed by atoms with Crippen molar-refractivity contribution in [3.8, 4) is 5.75 Å². The molecular formula is C28H44O9. The molecule has 5 atom stereocenters. The fourth-order valence-electron chi connectivity index (χ4n) is 4.68. The predicted molar refractivity (Wildman–Crippen MR) is 138 cm³/mol. The maximum absolute atomic E-state index is 11.7. The van der Waals surface area contributed by atoms with Crippen molar-refractivity contribution in [3.63, 3.8) is 0 Å². The molecule has 0 aliphatic carbocycles. The first-order chi connectivity index (χ1) is 17.8. The highest BCUT2D eigenvalue weighted by molar-refractivity contribution is 5.89. The molecule has 2 rings (SSSR count). The van der Waals surface area contributed by atoms with E-state index in [1.807, 2.05) is 0 Å². The number of benzene rings is 1. The molecular weight excluding hydrogens is 480 g/mol. The van der Waals surface area contributed by atoms with Crippen molar-refractivity contribution in [2.45, 2.75) is 128 Å². The van der Waals surface area contributed by atoms with Crippen molar-refractivity contribution >= 4 is 11.9 Å². The predicted octanol–water partition coefficient (Wildman–Crippen LogP) is 4.29. The van der Waals surface area contributed by atoms with E-state index in [1.54, 1.807) is 0 Å². The van der Waals surface area contributed by atoms with E-state index < -0.39 is 42.6 Å². The number of unbranched alkanes of at least 4 members (excludes halogenated alkanes) is 12. The zero-order valence-electron chi connectivity index (χ0n) is 21.9. The number of carboxylic acids is 2. The number of hydrogen-bond acceptors (Lipinski definition) is 7. The lowest BCUT2D eigenvalue weighted by Crippen LogP contribution is -2.61. The number of aromatic carboxylic acids is 1. The summed E-state index contributed by atoms with van der Waals surface area (Å²) in [5.41, 5.74) is 0.712. The lowest BCUT2D eigenvalue weighted by Gasteiger charge is -2.38. The Bertz CT molecular complexity index is 828. The molecule has 9 nitrogen and oxygen atoms in total. The Morgan fingerprint density at radius 3 is 1.84 bits per heavy atom. The lowest BCUT2D eigenvalue weighted by molar-refractivity contribution is -0.271. The summed E-state index contributed by atoms with van der Waals surface area (Å²) in [4.78, 5) is 23.0. The van der Waals surface area contributed by atoms with Crippen LogP contribution in [0.25, 0.3) is 0 Å². The summed E-state index contributed by atoms with van der Waals surface area (Å²) in [6.07, 6.45) is 7.76. The molecule has 1 aliphatic heterocycles. The van der Waals surface area contributed by atoms with Crippen molar-refractivity contribution in [1.82, 2.24) is 0 Å². The standard InChI is InChI=1S/C28H44O9/c1-2-3-4-5-6-7-8-9-10-11-12-13-14-15-19-18-20(16-17-21(19)26(32)33)36-28-24(31)22(29)23(30)25(37-28)27(34)35/h16-18,22-25,28-31H,2-15H2,1H3,(H,32,33)(H,34,35)/t22-,23-,24+,25-,28+/m0/s1. The Labute approximate surface area is 219 Å². The summed E-state index contributed by atoms with van der Waals surface area (Å²) in [6, 6.07) is 4.32. The molecule has 0 spiro atoms. The molecule has 0 bridgehead atoms. The summed E-state index contributed by atoms with van der Waals surface area (Å²) in [5.74, 6) is -2.39. The monoisotopic (exact) mass is 524 g/mol. The number of aliphatic carboxylic acids is 1. The van der Waals surface area contributed by atoms with Gasteiger partial charge in [0, 0.05) is 0 Å². The zero-order valence-corrected chi connectivity index (χ0v) is 21.9. The zero-order chi connectivity index (χ0) is 27.2. The maximum Gasteiger partial charge on any atom is 0.335 e. The van der Waals surface area contributed by atoms with E-state index in [-0.39, 0.29) is 11.3 Å². The van der Waals surface area contributed by atoms with Crippen LogP contribution in [0.4, 0.5) is 0 Å². The normalized spacial score (nSPS) is 23.6. The summed E-state index contributed by atoms with van der Waals surface area (Å²) in [7, 11) is 0. The first-order valence-electron chi connectivity index (χ1n) is 13.7. The molecule has 1 fully saturated rings. The van der Waals surface area contributed by atoms with E-state index in [9.17, 15) is 35.1 Å². The van der Waals surface area contributed by atoms with Gasteiger partial charge < -0.3 is 35.0 Å². The average molecular weight is 525 g/mol. The van der Waals surface area contributed by atoms with Crippen molar-refractivity contribution < 1.29 is 44.6 Å². The summed E-state index contributed by atoms with van der Waals surface area (Å²) >= 11 is 0. The first-order valence-corrected chi connectivity index (χ1v) is 13.7. The molecule has 1 aromatic carbocycles. The largest absolute Gasteiger partial charge is 0.479 e. The van der Waals surface area contributed by atoms with Crippen molar-refractivity contribution in [1.29, 1.82) is 0 Å². The molecule has 0 radical (unpaired) electrons. The summed E-state index contributed by atoms with van der Waals surface area (Å²) in [5, 5.41) is 48.7. The van der Waals surface area contributed by atoms with Crippen LogP contribution in [-0.4, -0.2) is 68.2 Å². The number of aliphatic hydroxyl groups excluding tert-OH is 3. The molecule has 9 heteroatoms. The summed E-state index contributed by atoms with van der Waals surface area (Å²) in [6.45, 7) is 2.23. The van der Waals surface area contributed by atoms with Crippen LogP contribution < -0.4 is 4.74 Å². The fraction of sp³-hybridized carbons (Fsp3) is 0.714. The smallest absolute Gasteiger partial charge is 0.335 e. The molecule has 37 heavy (non-hydrogen) atoms. The van der Waals surface area contributed by atoms with Gasteiger partial charge in [-0.05, 0) is 36.6 Å². The highest BCUT2D eigenvalue weighted by Crippen LogP contribution is 2.27. The van der Waals surface area contributed by atoms with Crippen molar-refractivity contribution in [2.24, 2.45) is 0 Å². The molecule has 5 N–H and O–H groups in total. The topological polar surface area (TPSA) is 154 Å². The maximum atomic E-state index is 11.7. The Balaban J connectivity index is 1.79. The Kier molecular flexibility index (Phi) is 13.9. The van der Waals surface area contributed by atoms with Gasteiger partial charge in [0.2, 0.25) is 6.29 Å². The molecule has 1 aliphatic rings. The molecule has 1 aromatic rings. The van der Waals surface area contributed by atoms with Crippen LogP contribution in [0, 0.1) is 0 Å². The Hall–Kier alpha value is -2.20. The minimum atomic E-state index is -1.81. The van der Waals surface area contributed by atoms with Crippen LogP contribution in [-0.2, 0) is 16.0 Å². The molecule has 0 aromatic heterocycles. The van der Waals surface area contributed by atoms with Crippen LogP contribution in [0.2, 0.25) is 0 Å². The molecule has 0 unspecified atom stereocenters. The molecule has 1 saturated heterocycles. The minimum absolute atomic E-state index is 0.148. The molecule has 210 valence electrons. The van der Waals surface area contributed by atoms with E-state index in [1.165, 1.54) is 82.4 Å². The third kappa shape index (κ3) is 10.2. The van der Waals surface area contributed by atoms with Gasteiger partial charge in [-0.15, -0.1) is 0 Å². The Morgan fingerprint density at radius 2 is 1.32 bits per heavy atom. The SMILES string of the molecule is CCCCCCCCCCCCCCCc1cc(O[C@@H]2O[C@H](C(=O)O)[C@@H](O)[C@H](O)[C@H]2O)ccc1C(=O)O. The van der Waals surface area contributed by atoms with E-state index >= 15 is 0 Å². The number of hydrogen-bond donors (Lipinski definition) is 5. The second-order valence-corrected chi connectivity index (χ2v) is 9.97. The molecule has 0 amide bonds. The number of aryl methyl sites for hydroxylation is 1. The van der Waals surface area contributed by atoms with Crippen LogP contribution in [0.5, 0.6) is 5.75 Å². The number of carboxylic acid groups (broad SMARTS) is 2. The highest BCUT2D eigenvalue weighted by Gasteiger charge is 2.48. The molecule has 0 saturated carbocycles. The van der Waals surface area contributed by atoms with Gasteiger partial charge >= 0.3 is 11.9 Å². The van der Waals surface area contributed by atoms with Gasteiger partial charge in [0.15, 0.2) is 6.10 Å². The van der Waals surface area contributed by atoms with E-state index in [0.717, 1.165) is 19.3 Å². The quantitative estimate of drug-likeness (QED) is 0.177. The van der Waals surface area contributed by atoms with Crippen LogP contribution in [0.3, 0.4) is 0 Å².